The van der Waals surface area contributed by atoms with E-state index in [1.165, 1.54) is 30.6 Å². The third-order valence-corrected chi connectivity index (χ3v) is 5.17. The molecule has 1 aliphatic carbocycles. The summed E-state index contributed by atoms with van der Waals surface area (Å²) in [6.45, 7) is 1.94. The summed E-state index contributed by atoms with van der Waals surface area (Å²) in [6.07, 6.45) is 10.5. The Bertz CT molecular complexity index is 597. The van der Waals surface area contributed by atoms with E-state index in [0.29, 0.717) is 11.6 Å². The largest absolute Gasteiger partial charge is 0.348 e. The molecule has 0 spiro atoms. The number of hydrogen-bond donors (Lipinski definition) is 1. The number of carbonyl (C=O) groups is 1. The number of aromatic nitrogens is 2. The van der Waals surface area contributed by atoms with Gasteiger partial charge in [-0.3, -0.25) is 4.79 Å². The van der Waals surface area contributed by atoms with Gasteiger partial charge in [0, 0.05) is 17.8 Å². The molecular weight excluding hydrogens is 282 g/mol. The lowest BCUT2D eigenvalue weighted by molar-refractivity contribution is -0.118. The first-order chi connectivity index (χ1) is 10.2. The molecular formula is C16H21N3OS. The molecule has 2 heterocycles. The van der Waals surface area contributed by atoms with Crippen LogP contribution in [0.4, 0.5) is 5.13 Å². The zero-order valence-corrected chi connectivity index (χ0v) is 13.2. The van der Waals surface area contributed by atoms with Gasteiger partial charge in [0.05, 0.1) is 17.7 Å². The van der Waals surface area contributed by atoms with Crippen molar-refractivity contribution in [2.24, 2.45) is 0 Å². The lowest BCUT2D eigenvalue weighted by Crippen LogP contribution is -2.38. The minimum atomic E-state index is -0.0574. The van der Waals surface area contributed by atoms with E-state index in [1.54, 1.807) is 0 Å². The Morgan fingerprint density at radius 2 is 2.05 bits per heavy atom. The minimum Gasteiger partial charge on any atom is -0.348 e. The van der Waals surface area contributed by atoms with Gasteiger partial charge in [0.15, 0.2) is 5.13 Å². The van der Waals surface area contributed by atoms with Crippen molar-refractivity contribution in [1.29, 1.82) is 0 Å². The highest BCUT2D eigenvalue weighted by molar-refractivity contribution is 7.13. The summed E-state index contributed by atoms with van der Waals surface area (Å²) in [7, 11) is 0. The summed E-state index contributed by atoms with van der Waals surface area (Å²) in [6, 6.07) is 4.08. The molecule has 2 aromatic rings. The Labute approximate surface area is 129 Å². The summed E-state index contributed by atoms with van der Waals surface area (Å²) in [5.41, 5.74) is 0.895. The van der Waals surface area contributed by atoms with Crippen LogP contribution in [0, 0.1) is 6.92 Å². The quantitative estimate of drug-likeness (QED) is 0.930. The summed E-state index contributed by atoms with van der Waals surface area (Å²) < 4.78 is 2.23. The molecule has 2 aromatic heterocycles. The van der Waals surface area contributed by atoms with Crippen LogP contribution < -0.4 is 5.32 Å². The topological polar surface area (TPSA) is 46.9 Å². The predicted octanol–water partition coefficient (Wildman–Crippen LogP) is 3.94. The number of rotatable bonds is 4. The Hall–Kier alpha value is -1.62. The monoisotopic (exact) mass is 303 g/mol. The van der Waals surface area contributed by atoms with E-state index >= 15 is 0 Å². The second kappa shape index (κ2) is 6.02. The molecule has 1 saturated carbocycles. The van der Waals surface area contributed by atoms with Crippen LogP contribution in [0.25, 0.3) is 0 Å². The molecule has 3 rings (SSSR count). The van der Waals surface area contributed by atoms with Crippen LogP contribution in [0.5, 0.6) is 0 Å². The second-order valence-electron chi connectivity index (χ2n) is 5.89. The number of thiazole rings is 1. The summed E-state index contributed by atoms with van der Waals surface area (Å²) in [4.78, 5) is 16.7. The number of carbonyl (C=O) groups excluding carboxylic acids is 1. The van der Waals surface area contributed by atoms with Crippen LogP contribution in [0.15, 0.2) is 29.9 Å². The molecule has 0 unspecified atom stereocenters. The molecule has 0 saturated heterocycles. The van der Waals surface area contributed by atoms with Gasteiger partial charge in [-0.15, -0.1) is 11.3 Å². The number of nitrogens with zero attached hydrogens (tertiary/aromatic N) is 2. The van der Waals surface area contributed by atoms with E-state index in [-0.39, 0.29) is 11.4 Å². The van der Waals surface area contributed by atoms with Crippen LogP contribution in [0.2, 0.25) is 0 Å². The average Bonchev–Trinajstić information content (AvgIpc) is 3.12. The fourth-order valence-electron chi connectivity index (χ4n) is 3.26. The normalized spacial score (nSPS) is 17.6. The van der Waals surface area contributed by atoms with E-state index in [9.17, 15) is 4.79 Å². The molecule has 1 aliphatic rings. The Morgan fingerprint density at radius 3 is 2.67 bits per heavy atom. The lowest BCUT2D eigenvalue weighted by Gasteiger charge is -2.38. The standard InChI is InChI=1S/C16H21N3OS/c1-13-12-21-15(17-13)18-14(20)11-16(7-3-2-4-8-16)19-9-5-6-10-19/h5-6,9-10,12H,2-4,7-8,11H2,1H3,(H,17,18,20). The van der Waals surface area contributed by atoms with Gasteiger partial charge < -0.3 is 9.88 Å². The third-order valence-electron chi connectivity index (χ3n) is 4.29. The molecule has 21 heavy (non-hydrogen) atoms. The van der Waals surface area contributed by atoms with Gasteiger partial charge in [-0.1, -0.05) is 19.3 Å². The van der Waals surface area contributed by atoms with Crippen LogP contribution in [0.1, 0.15) is 44.2 Å². The van der Waals surface area contributed by atoms with E-state index < -0.39 is 0 Å². The highest BCUT2D eigenvalue weighted by Crippen LogP contribution is 2.38. The van der Waals surface area contributed by atoms with Crippen molar-refractivity contribution in [3.8, 4) is 0 Å². The molecule has 0 radical (unpaired) electrons. The highest BCUT2D eigenvalue weighted by atomic mass is 32.1. The van der Waals surface area contributed by atoms with Crippen LogP contribution in [0.3, 0.4) is 0 Å². The van der Waals surface area contributed by atoms with E-state index in [1.807, 2.05) is 24.4 Å². The first-order valence-corrected chi connectivity index (χ1v) is 8.41. The van der Waals surface area contributed by atoms with Gasteiger partial charge in [0.2, 0.25) is 5.91 Å². The molecule has 4 nitrogen and oxygen atoms in total. The maximum Gasteiger partial charge on any atom is 0.228 e. The third kappa shape index (κ3) is 3.18. The van der Waals surface area contributed by atoms with Crippen molar-refractivity contribution in [1.82, 2.24) is 9.55 Å². The Morgan fingerprint density at radius 1 is 1.33 bits per heavy atom. The van der Waals surface area contributed by atoms with Crippen LogP contribution in [-0.4, -0.2) is 15.5 Å². The summed E-state index contributed by atoms with van der Waals surface area (Å²) >= 11 is 1.49. The zero-order chi connectivity index (χ0) is 14.7. The van der Waals surface area contributed by atoms with E-state index in [2.05, 4.69) is 27.3 Å². The minimum absolute atomic E-state index is 0.0574. The van der Waals surface area contributed by atoms with Crippen molar-refractivity contribution in [2.75, 3.05) is 5.32 Å². The van der Waals surface area contributed by atoms with E-state index in [0.717, 1.165) is 18.5 Å². The molecule has 1 N–H and O–H groups in total. The van der Waals surface area contributed by atoms with Gasteiger partial charge in [-0.05, 0) is 31.9 Å². The first-order valence-electron chi connectivity index (χ1n) is 7.53. The number of hydrogen-bond acceptors (Lipinski definition) is 3. The number of amides is 1. The molecule has 0 aliphatic heterocycles. The molecule has 0 aromatic carbocycles. The van der Waals surface area contributed by atoms with Crippen molar-refractivity contribution in [3.05, 3.63) is 35.6 Å². The van der Waals surface area contributed by atoms with Crippen molar-refractivity contribution in [2.45, 2.75) is 51.0 Å². The van der Waals surface area contributed by atoms with Crippen LogP contribution in [-0.2, 0) is 10.3 Å². The van der Waals surface area contributed by atoms with E-state index in [4.69, 9.17) is 0 Å². The summed E-state index contributed by atoms with van der Waals surface area (Å²) in [5, 5.41) is 5.61. The Kier molecular flexibility index (Phi) is 4.10. The van der Waals surface area contributed by atoms with Crippen LogP contribution >= 0.6 is 11.3 Å². The van der Waals surface area contributed by atoms with Gasteiger partial charge in [-0.25, -0.2) is 4.98 Å². The molecule has 5 heteroatoms. The average molecular weight is 303 g/mol. The Balaban J connectivity index is 1.74. The van der Waals surface area contributed by atoms with Gasteiger partial charge in [0.25, 0.3) is 0 Å². The lowest BCUT2D eigenvalue weighted by atomic mass is 9.79. The van der Waals surface area contributed by atoms with Crippen molar-refractivity contribution >= 4 is 22.4 Å². The molecule has 1 fully saturated rings. The maximum atomic E-state index is 12.4. The SMILES string of the molecule is Cc1csc(NC(=O)CC2(n3cccc3)CCCCC2)n1. The predicted molar refractivity (Wildman–Crippen MR) is 85.6 cm³/mol. The van der Waals surface area contributed by atoms with Crippen molar-refractivity contribution in [3.63, 3.8) is 0 Å². The molecule has 112 valence electrons. The number of nitrogens with one attached hydrogen (secondary N) is 1. The number of aryl methyl sites for hydroxylation is 1. The molecule has 1 amide bonds. The van der Waals surface area contributed by atoms with Gasteiger partial charge in [0.1, 0.15) is 0 Å². The summed E-state index contributed by atoms with van der Waals surface area (Å²) in [5.74, 6) is 0.0694. The van der Waals surface area contributed by atoms with Crippen molar-refractivity contribution < 1.29 is 4.79 Å². The second-order valence-corrected chi connectivity index (χ2v) is 6.75. The zero-order valence-electron chi connectivity index (χ0n) is 12.3. The van der Waals surface area contributed by atoms with Gasteiger partial charge >= 0.3 is 0 Å². The first kappa shape index (κ1) is 14.3. The fraction of sp³-hybridized carbons (Fsp3) is 0.500. The maximum absolute atomic E-state index is 12.4. The van der Waals surface area contributed by atoms with Gasteiger partial charge in [-0.2, -0.15) is 0 Å². The molecule has 0 bridgehead atoms. The molecule has 0 atom stereocenters. The smallest absolute Gasteiger partial charge is 0.228 e. The number of anilines is 1. The fourth-order valence-corrected chi connectivity index (χ4v) is 3.96. The highest BCUT2D eigenvalue weighted by Gasteiger charge is 2.35.